The Hall–Kier alpha value is -1.26. The zero-order valence-electron chi connectivity index (χ0n) is 11.1. The molecule has 0 spiro atoms. The molecule has 0 saturated heterocycles. The number of nitrogens with zero attached hydrogens (tertiary/aromatic N) is 2. The average Bonchev–Trinajstić information content (AvgIpc) is 2.70. The predicted molar refractivity (Wildman–Crippen MR) is 77.3 cm³/mol. The van der Waals surface area contributed by atoms with Crippen molar-refractivity contribution >= 4 is 11.8 Å². The van der Waals surface area contributed by atoms with Gasteiger partial charge in [-0.15, -0.1) is 11.8 Å². The maximum Gasteiger partial charge on any atom is 0.0997 e. The highest BCUT2D eigenvalue weighted by atomic mass is 32.2. The Balaban J connectivity index is 2.57. The molecule has 0 saturated carbocycles. The molecular formula is C14H19N3S. The molecule has 0 radical (unpaired) electrons. The normalized spacial score (nSPS) is 10.9. The standard InChI is InChI=1S/C14H19N3S/c1-4-18-14-7-5-6-13(12(14)8-15)17-9-16-10(2)11(17)3/h5-7,9H,4,8,15H2,1-3H3. The van der Waals surface area contributed by atoms with Gasteiger partial charge in [-0.25, -0.2) is 4.98 Å². The Kier molecular flexibility index (Phi) is 4.09. The van der Waals surface area contributed by atoms with Gasteiger partial charge >= 0.3 is 0 Å². The number of thioether (sulfide) groups is 1. The molecule has 2 rings (SSSR count). The van der Waals surface area contributed by atoms with Crippen LogP contribution in [0.1, 0.15) is 23.9 Å². The Morgan fingerprint density at radius 3 is 2.67 bits per heavy atom. The number of imidazole rings is 1. The highest BCUT2D eigenvalue weighted by Crippen LogP contribution is 2.28. The van der Waals surface area contributed by atoms with E-state index in [4.69, 9.17) is 5.73 Å². The minimum atomic E-state index is 0.551. The molecule has 0 bridgehead atoms. The monoisotopic (exact) mass is 261 g/mol. The van der Waals surface area contributed by atoms with Crippen LogP contribution in [0.25, 0.3) is 5.69 Å². The summed E-state index contributed by atoms with van der Waals surface area (Å²) in [5.41, 5.74) is 10.5. The molecule has 3 nitrogen and oxygen atoms in total. The number of benzene rings is 1. The van der Waals surface area contributed by atoms with E-state index in [9.17, 15) is 0 Å². The van der Waals surface area contributed by atoms with Crippen LogP contribution in [0.3, 0.4) is 0 Å². The van der Waals surface area contributed by atoms with E-state index in [0.29, 0.717) is 6.54 Å². The van der Waals surface area contributed by atoms with Crippen molar-refractivity contribution in [2.24, 2.45) is 5.73 Å². The lowest BCUT2D eigenvalue weighted by molar-refractivity contribution is 0.930. The van der Waals surface area contributed by atoms with Gasteiger partial charge in [0.15, 0.2) is 0 Å². The second-order valence-corrected chi connectivity index (χ2v) is 5.48. The Labute approximate surface area is 112 Å². The molecule has 0 aliphatic rings. The first-order valence-corrected chi connectivity index (χ1v) is 7.13. The molecule has 0 aliphatic carbocycles. The number of aryl methyl sites for hydroxylation is 1. The van der Waals surface area contributed by atoms with E-state index in [0.717, 1.165) is 17.1 Å². The van der Waals surface area contributed by atoms with Crippen LogP contribution in [-0.4, -0.2) is 15.3 Å². The van der Waals surface area contributed by atoms with E-state index in [1.54, 1.807) is 0 Å². The summed E-state index contributed by atoms with van der Waals surface area (Å²) in [4.78, 5) is 5.63. The molecule has 2 N–H and O–H groups in total. The number of rotatable bonds is 4. The van der Waals surface area contributed by atoms with Crippen molar-refractivity contribution in [1.82, 2.24) is 9.55 Å². The van der Waals surface area contributed by atoms with Crippen LogP contribution in [-0.2, 0) is 6.54 Å². The van der Waals surface area contributed by atoms with Crippen molar-refractivity contribution in [3.05, 3.63) is 41.5 Å². The summed E-state index contributed by atoms with van der Waals surface area (Å²) in [6.07, 6.45) is 1.87. The molecule has 96 valence electrons. The van der Waals surface area contributed by atoms with E-state index in [1.807, 2.05) is 25.0 Å². The molecule has 0 unspecified atom stereocenters. The second kappa shape index (κ2) is 5.59. The Morgan fingerprint density at radius 1 is 1.33 bits per heavy atom. The lowest BCUT2D eigenvalue weighted by Gasteiger charge is -2.14. The molecule has 1 aromatic heterocycles. The molecule has 0 atom stereocenters. The fraction of sp³-hybridized carbons (Fsp3) is 0.357. The van der Waals surface area contributed by atoms with Crippen LogP contribution in [0.5, 0.6) is 0 Å². The highest BCUT2D eigenvalue weighted by molar-refractivity contribution is 7.99. The van der Waals surface area contributed by atoms with Crippen LogP contribution < -0.4 is 5.73 Å². The summed E-state index contributed by atoms with van der Waals surface area (Å²) in [6, 6.07) is 6.33. The molecule has 1 heterocycles. The lowest BCUT2D eigenvalue weighted by atomic mass is 10.1. The van der Waals surface area contributed by atoms with Crippen LogP contribution in [0, 0.1) is 13.8 Å². The van der Waals surface area contributed by atoms with Crippen molar-refractivity contribution in [2.45, 2.75) is 32.2 Å². The fourth-order valence-corrected chi connectivity index (χ4v) is 2.87. The van der Waals surface area contributed by atoms with Crippen LogP contribution in [0.2, 0.25) is 0 Å². The first-order valence-electron chi connectivity index (χ1n) is 6.14. The zero-order valence-corrected chi connectivity index (χ0v) is 11.9. The van der Waals surface area contributed by atoms with Crippen LogP contribution in [0.15, 0.2) is 29.4 Å². The number of nitrogens with two attached hydrogens (primary N) is 1. The third kappa shape index (κ3) is 2.31. The largest absolute Gasteiger partial charge is 0.326 e. The van der Waals surface area contributed by atoms with E-state index in [1.165, 1.54) is 16.2 Å². The van der Waals surface area contributed by atoms with Gasteiger partial charge in [-0.1, -0.05) is 13.0 Å². The van der Waals surface area contributed by atoms with Crippen molar-refractivity contribution in [1.29, 1.82) is 0 Å². The van der Waals surface area contributed by atoms with Crippen molar-refractivity contribution in [3.63, 3.8) is 0 Å². The molecule has 1 aromatic carbocycles. The molecule has 18 heavy (non-hydrogen) atoms. The molecule has 0 amide bonds. The summed E-state index contributed by atoms with van der Waals surface area (Å²) in [7, 11) is 0. The van der Waals surface area contributed by atoms with Gasteiger partial charge in [-0.3, -0.25) is 0 Å². The maximum atomic E-state index is 5.93. The summed E-state index contributed by atoms with van der Waals surface area (Å²) in [6.45, 7) is 6.82. The molecule has 0 aliphatic heterocycles. The third-order valence-corrected chi connectivity index (χ3v) is 4.11. The first kappa shape index (κ1) is 13.2. The van der Waals surface area contributed by atoms with E-state index >= 15 is 0 Å². The zero-order chi connectivity index (χ0) is 13.1. The van der Waals surface area contributed by atoms with Gasteiger partial charge in [0, 0.05) is 22.7 Å². The second-order valence-electron chi connectivity index (χ2n) is 4.18. The van der Waals surface area contributed by atoms with E-state index in [2.05, 4.69) is 41.6 Å². The Morgan fingerprint density at radius 2 is 2.11 bits per heavy atom. The predicted octanol–water partition coefficient (Wildman–Crippen LogP) is 3.06. The van der Waals surface area contributed by atoms with Gasteiger partial charge in [-0.2, -0.15) is 0 Å². The molecule has 0 fully saturated rings. The smallest absolute Gasteiger partial charge is 0.0997 e. The minimum absolute atomic E-state index is 0.551. The number of hydrogen-bond acceptors (Lipinski definition) is 3. The molecule has 2 aromatic rings. The van der Waals surface area contributed by atoms with Gasteiger partial charge in [0.2, 0.25) is 0 Å². The SMILES string of the molecule is CCSc1cccc(-n2cnc(C)c2C)c1CN. The summed E-state index contributed by atoms with van der Waals surface area (Å²) < 4.78 is 2.12. The minimum Gasteiger partial charge on any atom is -0.326 e. The molecular weight excluding hydrogens is 242 g/mol. The van der Waals surface area contributed by atoms with Crippen molar-refractivity contribution < 1.29 is 0 Å². The van der Waals surface area contributed by atoms with E-state index in [-0.39, 0.29) is 0 Å². The third-order valence-electron chi connectivity index (χ3n) is 3.12. The fourth-order valence-electron chi connectivity index (χ4n) is 2.02. The van der Waals surface area contributed by atoms with Gasteiger partial charge in [0.25, 0.3) is 0 Å². The van der Waals surface area contributed by atoms with Crippen LogP contribution in [0.4, 0.5) is 0 Å². The van der Waals surface area contributed by atoms with Gasteiger partial charge in [0.1, 0.15) is 0 Å². The van der Waals surface area contributed by atoms with Crippen LogP contribution >= 0.6 is 11.8 Å². The lowest BCUT2D eigenvalue weighted by Crippen LogP contribution is -2.06. The quantitative estimate of drug-likeness (QED) is 0.860. The summed E-state index contributed by atoms with van der Waals surface area (Å²) >= 11 is 1.83. The van der Waals surface area contributed by atoms with Gasteiger partial charge in [-0.05, 0) is 31.7 Å². The van der Waals surface area contributed by atoms with Gasteiger partial charge in [0.05, 0.1) is 17.7 Å². The van der Waals surface area contributed by atoms with Gasteiger partial charge < -0.3 is 10.3 Å². The first-order chi connectivity index (χ1) is 8.69. The maximum absolute atomic E-state index is 5.93. The Bertz CT molecular complexity index is 546. The topological polar surface area (TPSA) is 43.8 Å². The molecule has 4 heteroatoms. The highest BCUT2D eigenvalue weighted by Gasteiger charge is 2.11. The van der Waals surface area contributed by atoms with Crippen molar-refractivity contribution in [3.8, 4) is 5.69 Å². The van der Waals surface area contributed by atoms with E-state index < -0.39 is 0 Å². The number of aromatic nitrogens is 2. The van der Waals surface area contributed by atoms with Crippen molar-refractivity contribution in [2.75, 3.05) is 5.75 Å². The summed E-state index contributed by atoms with van der Waals surface area (Å²) in [5, 5.41) is 0. The summed E-state index contributed by atoms with van der Waals surface area (Å²) in [5.74, 6) is 1.05. The number of hydrogen-bond donors (Lipinski definition) is 1. The average molecular weight is 261 g/mol.